The fraction of sp³-hybridized carbons (Fsp3) is 0.773. The Bertz CT molecular complexity index is 544. The molecule has 1 heterocycles. The van der Waals surface area contributed by atoms with E-state index < -0.39 is 6.10 Å². The first-order valence-electron chi connectivity index (χ1n) is 10.0. The molecule has 0 aromatic heterocycles. The van der Waals surface area contributed by atoms with Crippen LogP contribution in [0.2, 0.25) is 0 Å². The molecule has 27 heavy (non-hydrogen) atoms. The Morgan fingerprint density at radius 1 is 1.33 bits per heavy atom. The molecule has 0 radical (unpaired) electrons. The van der Waals surface area contributed by atoms with Crippen LogP contribution in [-0.4, -0.2) is 40.4 Å². The van der Waals surface area contributed by atoms with Crippen molar-refractivity contribution in [1.82, 2.24) is 0 Å². The van der Waals surface area contributed by atoms with Crippen molar-refractivity contribution >= 4 is 17.7 Å². The molecule has 2 N–H and O–H groups in total. The van der Waals surface area contributed by atoms with E-state index in [1.807, 2.05) is 6.08 Å². The summed E-state index contributed by atoms with van der Waals surface area (Å²) in [6.07, 6.45) is 8.10. The number of ether oxygens (including phenoxy) is 1. The number of carbonyl (C=O) groups excluding carboxylic acids is 1. The van der Waals surface area contributed by atoms with Crippen LogP contribution >= 0.6 is 11.8 Å². The van der Waals surface area contributed by atoms with Gasteiger partial charge in [0, 0.05) is 30.3 Å². The van der Waals surface area contributed by atoms with Crippen LogP contribution in [0.3, 0.4) is 0 Å². The maximum Gasteiger partial charge on any atom is 0.305 e. The summed E-state index contributed by atoms with van der Waals surface area (Å²) in [4.78, 5) is 11.1. The highest BCUT2D eigenvalue weighted by atomic mass is 32.2. The van der Waals surface area contributed by atoms with Crippen LogP contribution in [-0.2, 0) is 9.53 Å². The van der Waals surface area contributed by atoms with E-state index in [2.05, 4.69) is 37.3 Å². The number of aliphatic hydroxyl groups is 2. The third-order valence-electron chi connectivity index (χ3n) is 5.05. The van der Waals surface area contributed by atoms with Gasteiger partial charge in [0.1, 0.15) is 0 Å². The van der Waals surface area contributed by atoms with Gasteiger partial charge in [0.2, 0.25) is 0 Å². The zero-order valence-corrected chi connectivity index (χ0v) is 18.1. The monoisotopic (exact) mass is 396 g/mol. The zero-order valence-electron chi connectivity index (χ0n) is 17.3. The number of hydrogen-bond acceptors (Lipinski definition) is 5. The van der Waals surface area contributed by atoms with Crippen LogP contribution in [0.25, 0.3) is 0 Å². The number of methoxy groups -OCH3 is 1. The maximum absolute atomic E-state index is 11.1. The van der Waals surface area contributed by atoms with E-state index in [0.29, 0.717) is 37.2 Å². The van der Waals surface area contributed by atoms with Crippen LogP contribution in [0, 0.1) is 23.2 Å². The number of allylic oxidation sites excluding steroid dienone is 1. The summed E-state index contributed by atoms with van der Waals surface area (Å²) in [6.45, 7) is 6.64. The van der Waals surface area contributed by atoms with Crippen LogP contribution in [0.15, 0.2) is 11.8 Å². The molecular weight excluding hydrogens is 360 g/mol. The third kappa shape index (κ3) is 9.08. The van der Waals surface area contributed by atoms with Crippen molar-refractivity contribution in [2.24, 2.45) is 11.3 Å². The van der Waals surface area contributed by atoms with E-state index in [9.17, 15) is 15.0 Å². The quantitative estimate of drug-likeness (QED) is 0.239. The van der Waals surface area contributed by atoms with E-state index >= 15 is 0 Å². The molecule has 0 aromatic rings. The largest absolute Gasteiger partial charge is 0.512 e. The molecule has 0 amide bonds. The van der Waals surface area contributed by atoms with Gasteiger partial charge in [0.15, 0.2) is 0 Å². The van der Waals surface area contributed by atoms with Crippen LogP contribution in [0.5, 0.6) is 0 Å². The number of thioether (sulfide) groups is 1. The van der Waals surface area contributed by atoms with Gasteiger partial charge in [-0.25, -0.2) is 0 Å². The molecule has 0 saturated carbocycles. The highest BCUT2D eigenvalue weighted by Gasteiger charge is 2.38. The summed E-state index contributed by atoms with van der Waals surface area (Å²) >= 11 is 1.68. The predicted molar refractivity (Wildman–Crippen MR) is 113 cm³/mol. The Morgan fingerprint density at radius 2 is 2.07 bits per heavy atom. The standard InChI is InChI=1S/C22H36O4S/c1-5-6-14-22(2,3)15-13-17(23)21-18(24)16-27-19(21)11-9-7-8-10-12-20(25)26-4/h13,18-19,21,23-24H,5-6,8,10-12,14-16H2,1-4H3/b17-13+/t18-,19-,21-/m1/s1. The highest BCUT2D eigenvalue weighted by molar-refractivity contribution is 8.00. The molecule has 0 aromatic carbocycles. The molecule has 5 heteroatoms. The van der Waals surface area contributed by atoms with Crippen molar-refractivity contribution in [3.8, 4) is 11.8 Å². The fourth-order valence-corrected chi connectivity index (χ4v) is 4.59. The van der Waals surface area contributed by atoms with Crippen molar-refractivity contribution in [3.05, 3.63) is 11.8 Å². The first kappa shape index (κ1) is 23.9. The molecule has 3 atom stereocenters. The topological polar surface area (TPSA) is 66.8 Å². The Morgan fingerprint density at radius 3 is 2.74 bits per heavy atom. The lowest BCUT2D eigenvalue weighted by Crippen LogP contribution is -2.25. The summed E-state index contributed by atoms with van der Waals surface area (Å²) < 4.78 is 4.61. The Labute approximate surface area is 169 Å². The molecule has 0 aliphatic carbocycles. The van der Waals surface area contributed by atoms with Gasteiger partial charge in [-0.2, -0.15) is 11.8 Å². The number of rotatable bonds is 10. The Balaban J connectivity index is 2.54. The lowest BCUT2D eigenvalue weighted by atomic mass is 9.83. The minimum absolute atomic E-state index is 0.114. The number of hydrogen-bond donors (Lipinski definition) is 2. The van der Waals surface area contributed by atoms with Gasteiger partial charge in [0.25, 0.3) is 0 Å². The molecule has 0 unspecified atom stereocenters. The van der Waals surface area contributed by atoms with Gasteiger partial charge in [0.05, 0.1) is 24.9 Å². The second kappa shape index (κ2) is 12.4. The number of esters is 1. The number of aliphatic hydroxyl groups excluding tert-OH is 2. The molecular formula is C22H36O4S. The summed E-state index contributed by atoms with van der Waals surface area (Å²) in [5.41, 5.74) is 0.162. The smallest absolute Gasteiger partial charge is 0.305 e. The Kier molecular flexibility index (Phi) is 10.9. The molecule has 0 spiro atoms. The lowest BCUT2D eigenvalue weighted by molar-refractivity contribution is -0.140. The summed E-state index contributed by atoms with van der Waals surface area (Å²) in [5, 5.41) is 21.0. The number of unbranched alkanes of at least 4 members (excludes halogenated alkanes) is 2. The van der Waals surface area contributed by atoms with Gasteiger partial charge in [-0.1, -0.05) is 33.6 Å². The average Bonchev–Trinajstić information content (AvgIpc) is 3.01. The predicted octanol–water partition coefficient (Wildman–Crippen LogP) is 4.86. The minimum atomic E-state index is -0.517. The van der Waals surface area contributed by atoms with Gasteiger partial charge in [-0.3, -0.25) is 4.79 Å². The van der Waals surface area contributed by atoms with Crippen molar-refractivity contribution in [3.63, 3.8) is 0 Å². The summed E-state index contributed by atoms with van der Waals surface area (Å²) in [6, 6.07) is 0. The summed E-state index contributed by atoms with van der Waals surface area (Å²) in [5.74, 6) is 6.75. The van der Waals surface area contributed by atoms with Gasteiger partial charge >= 0.3 is 5.97 Å². The van der Waals surface area contributed by atoms with E-state index in [1.54, 1.807) is 11.8 Å². The zero-order chi connectivity index (χ0) is 20.3. The van der Waals surface area contributed by atoms with Crippen molar-refractivity contribution < 1.29 is 19.7 Å². The average molecular weight is 397 g/mol. The van der Waals surface area contributed by atoms with Gasteiger partial charge in [-0.15, -0.1) is 11.8 Å². The van der Waals surface area contributed by atoms with Crippen molar-refractivity contribution in [1.29, 1.82) is 0 Å². The van der Waals surface area contributed by atoms with E-state index in [0.717, 1.165) is 12.8 Å². The summed E-state index contributed by atoms with van der Waals surface area (Å²) in [7, 11) is 1.39. The number of carbonyl (C=O) groups is 1. The van der Waals surface area contributed by atoms with E-state index in [-0.39, 0.29) is 22.6 Å². The molecule has 1 fully saturated rings. The van der Waals surface area contributed by atoms with Gasteiger partial charge < -0.3 is 14.9 Å². The van der Waals surface area contributed by atoms with Crippen LogP contribution in [0.4, 0.5) is 0 Å². The van der Waals surface area contributed by atoms with E-state index in [4.69, 9.17) is 0 Å². The fourth-order valence-electron chi connectivity index (χ4n) is 3.21. The molecule has 0 bridgehead atoms. The molecule has 1 aliphatic rings. The SMILES string of the molecule is CCCCC(C)(C)C/C=C(/O)[C@@H]1[C@H](O)CS[C@@H]1CC#CCCCC(=O)OC. The first-order chi connectivity index (χ1) is 12.8. The lowest BCUT2D eigenvalue weighted by Gasteiger charge is -2.24. The molecule has 4 nitrogen and oxygen atoms in total. The first-order valence-corrected chi connectivity index (χ1v) is 11.1. The molecule has 1 aliphatic heterocycles. The third-order valence-corrected chi connectivity index (χ3v) is 6.47. The van der Waals surface area contributed by atoms with Crippen LogP contribution in [0.1, 0.15) is 72.1 Å². The molecule has 154 valence electrons. The maximum atomic E-state index is 11.1. The van der Waals surface area contributed by atoms with Crippen LogP contribution < -0.4 is 0 Å². The second-order valence-corrected chi connectivity index (χ2v) is 9.33. The van der Waals surface area contributed by atoms with Gasteiger partial charge in [-0.05, 0) is 30.8 Å². The second-order valence-electron chi connectivity index (χ2n) is 8.05. The minimum Gasteiger partial charge on any atom is -0.512 e. The van der Waals surface area contributed by atoms with E-state index in [1.165, 1.54) is 20.0 Å². The highest BCUT2D eigenvalue weighted by Crippen LogP contribution is 2.39. The molecule has 1 rings (SSSR count). The normalized spacial score (nSPS) is 23.0. The van der Waals surface area contributed by atoms with Crippen molar-refractivity contribution in [2.45, 2.75) is 83.5 Å². The molecule has 1 saturated heterocycles. The van der Waals surface area contributed by atoms with Crippen molar-refractivity contribution in [2.75, 3.05) is 12.9 Å². The Hall–Kier alpha value is -1.12.